The molecule has 5 nitrogen and oxygen atoms in total. The maximum atomic E-state index is 12.1. The third-order valence-corrected chi connectivity index (χ3v) is 4.20. The normalized spacial score (nSPS) is 17.9. The van der Waals surface area contributed by atoms with Crippen molar-refractivity contribution < 1.29 is 14.6 Å². The Bertz CT molecular complexity index is 581. The van der Waals surface area contributed by atoms with E-state index in [2.05, 4.69) is 4.98 Å². The van der Waals surface area contributed by atoms with Gasteiger partial charge >= 0.3 is 6.09 Å². The van der Waals surface area contributed by atoms with Gasteiger partial charge in [0, 0.05) is 25.7 Å². The van der Waals surface area contributed by atoms with E-state index in [1.165, 1.54) is 0 Å². The molecule has 1 aliphatic rings. The lowest BCUT2D eigenvalue weighted by Gasteiger charge is -2.39. The molecular formula is C16H22BClN2O3. The van der Waals surface area contributed by atoms with Gasteiger partial charge in [-0.2, -0.15) is 0 Å². The van der Waals surface area contributed by atoms with Crippen molar-refractivity contribution in [2.24, 2.45) is 0 Å². The van der Waals surface area contributed by atoms with Crippen molar-refractivity contribution in [2.45, 2.75) is 51.2 Å². The van der Waals surface area contributed by atoms with E-state index < -0.39 is 11.2 Å². The van der Waals surface area contributed by atoms with Gasteiger partial charge in [-0.3, -0.25) is 0 Å². The molecule has 1 saturated heterocycles. The number of pyridine rings is 1. The highest BCUT2D eigenvalue weighted by atomic mass is 35.5. The monoisotopic (exact) mass is 336 g/mol. The molecule has 1 aromatic rings. The van der Waals surface area contributed by atoms with Crippen LogP contribution in [-0.2, 0) is 11.2 Å². The summed E-state index contributed by atoms with van der Waals surface area (Å²) in [5.74, 6) is 0. The summed E-state index contributed by atoms with van der Waals surface area (Å²) in [6, 6.07) is 1.76. The van der Waals surface area contributed by atoms with Gasteiger partial charge < -0.3 is 14.7 Å². The largest absolute Gasteiger partial charge is 0.444 e. The standard InChI is InChI=1S/C16H22BClN2O3/c1-15(2,3)23-14(21)20-8-5-16(22,6-9-20)10-11-4-7-19-13(18)12(11)17/h4,7,22H,5-6,8-10H2,1-3H3. The molecule has 1 amide bonds. The van der Waals surface area contributed by atoms with Crippen LogP contribution in [0.2, 0.25) is 5.15 Å². The summed E-state index contributed by atoms with van der Waals surface area (Å²) < 4.78 is 5.36. The predicted octanol–water partition coefficient (Wildman–Crippen LogP) is 1.83. The topological polar surface area (TPSA) is 62.7 Å². The van der Waals surface area contributed by atoms with Crippen molar-refractivity contribution in [3.8, 4) is 0 Å². The van der Waals surface area contributed by atoms with Gasteiger partial charge in [0.05, 0.1) is 5.60 Å². The number of piperidine rings is 1. The highest BCUT2D eigenvalue weighted by molar-refractivity contribution is 6.44. The quantitative estimate of drug-likeness (QED) is 0.661. The number of ether oxygens (including phenoxy) is 1. The van der Waals surface area contributed by atoms with Crippen LogP contribution in [0.3, 0.4) is 0 Å². The number of aromatic nitrogens is 1. The van der Waals surface area contributed by atoms with E-state index in [1.54, 1.807) is 17.2 Å². The van der Waals surface area contributed by atoms with Crippen LogP contribution < -0.4 is 5.46 Å². The molecule has 1 N–H and O–H groups in total. The predicted molar refractivity (Wildman–Crippen MR) is 90.3 cm³/mol. The maximum Gasteiger partial charge on any atom is 0.410 e. The Kier molecular flexibility index (Phi) is 5.26. The third kappa shape index (κ3) is 4.85. The van der Waals surface area contributed by atoms with Crippen molar-refractivity contribution in [2.75, 3.05) is 13.1 Å². The molecular weight excluding hydrogens is 314 g/mol. The summed E-state index contributed by atoms with van der Waals surface area (Å²) in [5.41, 5.74) is -0.250. The fourth-order valence-corrected chi connectivity index (χ4v) is 2.78. The van der Waals surface area contributed by atoms with Crippen LogP contribution in [0.4, 0.5) is 4.79 Å². The molecule has 0 atom stereocenters. The van der Waals surface area contributed by atoms with E-state index in [1.807, 2.05) is 20.8 Å². The second-order valence-electron chi connectivity index (χ2n) is 7.04. The van der Waals surface area contributed by atoms with Crippen LogP contribution in [-0.4, -0.2) is 53.2 Å². The van der Waals surface area contributed by atoms with Crippen molar-refractivity contribution in [1.82, 2.24) is 9.88 Å². The van der Waals surface area contributed by atoms with Gasteiger partial charge in [0.2, 0.25) is 0 Å². The van der Waals surface area contributed by atoms with Crippen molar-refractivity contribution in [3.05, 3.63) is 23.0 Å². The summed E-state index contributed by atoms with van der Waals surface area (Å²) >= 11 is 5.92. The molecule has 0 aliphatic carbocycles. The summed E-state index contributed by atoms with van der Waals surface area (Å²) in [5, 5.41) is 11.0. The molecule has 0 bridgehead atoms. The second kappa shape index (κ2) is 6.69. The zero-order chi connectivity index (χ0) is 17.3. The smallest absolute Gasteiger partial charge is 0.410 e. The summed E-state index contributed by atoms with van der Waals surface area (Å²) in [6.45, 7) is 6.40. The van der Waals surface area contributed by atoms with Crippen molar-refractivity contribution >= 4 is 31.0 Å². The first-order valence-corrected chi connectivity index (χ1v) is 8.07. The van der Waals surface area contributed by atoms with Gasteiger partial charge in [-0.1, -0.05) is 17.1 Å². The molecule has 0 aromatic carbocycles. The Morgan fingerprint density at radius 2 is 2.09 bits per heavy atom. The number of rotatable bonds is 2. The minimum atomic E-state index is -0.905. The molecule has 2 radical (unpaired) electrons. The fraction of sp³-hybridized carbons (Fsp3) is 0.625. The van der Waals surface area contributed by atoms with E-state index in [-0.39, 0.29) is 11.2 Å². The Labute approximate surface area is 143 Å². The summed E-state index contributed by atoms with van der Waals surface area (Å²) in [6.07, 6.45) is 2.55. The van der Waals surface area contributed by atoms with Gasteiger partial charge in [0.1, 0.15) is 18.6 Å². The lowest BCUT2D eigenvalue weighted by Crippen LogP contribution is -2.49. The average molecular weight is 337 g/mol. The van der Waals surface area contributed by atoms with Crippen LogP contribution in [0.25, 0.3) is 0 Å². The van der Waals surface area contributed by atoms with E-state index in [9.17, 15) is 9.90 Å². The molecule has 1 aliphatic heterocycles. The molecule has 0 spiro atoms. The van der Waals surface area contributed by atoms with Crippen LogP contribution in [0.1, 0.15) is 39.2 Å². The number of hydrogen-bond acceptors (Lipinski definition) is 4. The number of carbonyl (C=O) groups is 1. The minimum absolute atomic E-state index is 0.247. The number of likely N-dealkylation sites (tertiary alicyclic amines) is 1. The number of nitrogens with zero attached hydrogens (tertiary/aromatic N) is 2. The number of carbonyl (C=O) groups excluding carboxylic acids is 1. The zero-order valence-electron chi connectivity index (χ0n) is 13.8. The molecule has 1 fully saturated rings. The van der Waals surface area contributed by atoms with Crippen LogP contribution >= 0.6 is 11.6 Å². The molecule has 23 heavy (non-hydrogen) atoms. The van der Waals surface area contributed by atoms with Crippen molar-refractivity contribution in [1.29, 1.82) is 0 Å². The fourth-order valence-electron chi connectivity index (χ4n) is 2.60. The van der Waals surface area contributed by atoms with Gasteiger partial charge in [0.25, 0.3) is 0 Å². The Morgan fingerprint density at radius 1 is 1.48 bits per heavy atom. The maximum absolute atomic E-state index is 12.1. The lowest BCUT2D eigenvalue weighted by molar-refractivity contribution is -0.0314. The first kappa shape index (κ1) is 18.1. The third-order valence-electron chi connectivity index (χ3n) is 3.90. The van der Waals surface area contributed by atoms with Crippen LogP contribution in [0, 0.1) is 0 Å². The highest BCUT2D eigenvalue weighted by Crippen LogP contribution is 2.27. The van der Waals surface area contributed by atoms with E-state index in [0.717, 1.165) is 5.56 Å². The van der Waals surface area contributed by atoms with Crippen LogP contribution in [0.5, 0.6) is 0 Å². The molecule has 7 heteroatoms. The molecule has 2 rings (SSSR count). The molecule has 0 unspecified atom stereocenters. The zero-order valence-corrected chi connectivity index (χ0v) is 14.6. The summed E-state index contributed by atoms with van der Waals surface area (Å²) in [4.78, 5) is 17.6. The Balaban J connectivity index is 1.97. The van der Waals surface area contributed by atoms with E-state index >= 15 is 0 Å². The second-order valence-corrected chi connectivity index (χ2v) is 7.40. The Morgan fingerprint density at radius 3 is 2.65 bits per heavy atom. The van der Waals surface area contributed by atoms with Gasteiger partial charge in [-0.15, -0.1) is 0 Å². The Hall–Kier alpha value is -1.27. The molecule has 1 aromatic heterocycles. The number of aliphatic hydroxyl groups is 1. The van der Waals surface area contributed by atoms with Gasteiger partial charge in [-0.25, -0.2) is 9.78 Å². The number of amides is 1. The van der Waals surface area contributed by atoms with E-state index in [0.29, 0.717) is 37.8 Å². The van der Waals surface area contributed by atoms with Gasteiger partial charge in [-0.05, 0) is 45.2 Å². The first-order valence-electron chi connectivity index (χ1n) is 7.69. The summed E-state index contributed by atoms with van der Waals surface area (Å²) in [7, 11) is 5.91. The van der Waals surface area contributed by atoms with Crippen LogP contribution in [0.15, 0.2) is 12.3 Å². The first-order chi connectivity index (χ1) is 10.6. The molecule has 2 heterocycles. The molecule has 0 saturated carbocycles. The minimum Gasteiger partial charge on any atom is -0.444 e. The SMILES string of the molecule is [B]c1c(CC2(O)CCN(C(=O)OC(C)(C)C)CC2)ccnc1Cl. The number of hydrogen-bond donors (Lipinski definition) is 1. The average Bonchev–Trinajstić information content (AvgIpc) is 2.42. The highest BCUT2D eigenvalue weighted by Gasteiger charge is 2.35. The van der Waals surface area contributed by atoms with Gasteiger partial charge in [0.15, 0.2) is 0 Å². The number of halogens is 1. The lowest BCUT2D eigenvalue weighted by atomic mass is 9.81. The van der Waals surface area contributed by atoms with Crippen molar-refractivity contribution in [3.63, 3.8) is 0 Å². The molecule has 124 valence electrons. The van der Waals surface area contributed by atoms with E-state index in [4.69, 9.17) is 24.2 Å².